The van der Waals surface area contributed by atoms with Crippen LogP contribution < -0.4 is 14.8 Å². The fourth-order valence-electron chi connectivity index (χ4n) is 4.44. The van der Waals surface area contributed by atoms with Gasteiger partial charge in [-0.3, -0.25) is 14.5 Å². The van der Waals surface area contributed by atoms with Crippen molar-refractivity contribution in [3.8, 4) is 22.8 Å². The standard InChI is InChI=1S/C31H30F2N4O5/c1-2-40-30(39)29(38)35-24-5-3-4-22(17-24)25-12-15-37(36-25)26(16-20-10-13-34-14-11-20)23-8-9-27(42-31(32)33)28(18-23)41-19-21-6-7-21/h3-5,8-15,17-18,21,26,31H,2,6-7,16,19H2,1H3,(H,35,38). The second-order valence-corrected chi connectivity index (χ2v) is 9.85. The molecule has 0 saturated heterocycles. The van der Waals surface area contributed by atoms with Gasteiger partial charge in [0, 0.05) is 29.8 Å². The van der Waals surface area contributed by atoms with Gasteiger partial charge in [-0.25, -0.2) is 4.79 Å². The summed E-state index contributed by atoms with van der Waals surface area (Å²) in [6.07, 6.45) is 7.90. The maximum atomic E-state index is 13.1. The van der Waals surface area contributed by atoms with Gasteiger partial charge in [0.15, 0.2) is 11.5 Å². The Morgan fingerprint density at radius 3 is 2.60 bits per heavy atom. The van der Waals surface area contributed by atoms with Crippen molar-refractivity contribution in [2.75, 3.05) is 18.5 Å². The lowest BCUT2D eigenvalue weighted by Gasteiger charge is -2.21. The fourth-order valence-corrected chi connectivity index (χ4v) is 4.44. The van der Waals surface area contributed by atoms with Crippen molar-refractivity contribution in [2.24, 2.45) is 5.92 Å². The van der Waals surface area contributed by atoms with E-state index in [9.17, 15) is 18.4 Å². The highest BCUT2D eigenvalue weighted by Crippen LogP contribution is 2.37. The maximum absolute atomic E-state index is 13.1. The molecule has 9 nitrogen and oxygen atoms in total. The molecule has 1 aliphatic carbocycles. The summed E-state index contributed by atoms with van der Waals surface area (Å²) >= 11 is 0. The number of aromatic nitrogens is 3. The van der Waals surface area contributed by atoms with Crippen LogP contribution in [0.25, 0.3) is 11.3 Å². The number of anilines is 1. The van der Waals surface area contributed by atoms with E-state index in [4.69, 9.17) is 19.3 Å². The van der Waals surface area contributed by atoms with Gasteiger partial charge < -0.3 is 19.5 Å². The van der Waals surface area contributed by atoms with Crippen molar-refractivity contribution >= 4 is 17.6 Å². The van der Waals surface area contributed by atoms with Gasteiger partial charge in [0.25, 0.3) is 0 Å². The van der Waals surface area contributed by atoms with Crippen LogP contribution in [0.3, 0.4) is 0 Å². The zero-order valence-electron chi connectivity index (χ0n) is 22.9. The van der Waals surface area contributed by atoms with E-state index in [0.29, 0.717) is 35.9 Å². The first-order valence-corrected chi connectivity index (χ1v) is 13.6. The van der Waals surface area contributed by atoms with Crippen molar-refractivity contribution in [1.82, 2.24) is 14.8 Å². The van der Waals surface area contributed by atoms with E-state index in [2.05, 4.69) is 10.3 Å². The molecule has 0 aliphatic heterocycles. The SMILES string of the molecule is CCOC(=O)C(=O)Nc1cccc(-c2ccn(C(Cc3ccncc3)c3ccc(OC(F)F)c(OCC4CC4)c3)n2)c1. The number of halogens is 2. The number of carbonyl (C=O) groups excluding carboxylic acids is 2. The molecule has 0 spiro atoms. The third-order valence-electron chi connectivity index (χ3n) is 6.72. The zero-order chi connectivity index (χ0) is 29.5. The molecule has 2 aromatic heterocycles. The number of hydrogen-bond acceptors (Lipinski definition) is 7. The number of nitrogens with zero attached hydrogens (tertiary/aromatic N) is 3. The maximum Gasteiger partial charge on any atom is 0.397 e. The summed E-state index contributed by atoms with van der Waals surface area (Å²) < 4.78 is 43.4. The lowest BCUT2D eigenvalue weighted by molar-refractivity contribution is -0.152. The molecule has 2 heterocycles. The van der Waals surface area contributed by atoms with Gasteiger partial charge in [-0.2, -0.15) is 13.9 Å². The van der Waals surface area contributed by atoms with E-state index in [1.54, 1.807) is 54.3 Å². The summed E-state index contributed by atoms with van der Waals surface area (Å²) in [5.41, 5.74) is 3.56. The summed E-state index contributed by atoms with van der Waals surface area (Å²) in [5, 5.41) is 7.37. The smallest absolute Gasteiger partial charge is 0.397 e. The number of hydrogen-bond donors (Lipinski definition) is 1. The zero-order valence-corrected chi connectivity index (χ0v) is 22.9. The van der Waals surface area contributed by atoms with Gasteiger partial charge in [-0.15, -0.1) is 0 Å². The van der Waals surface area contributed by atoms with E-state index in [1.807, 2.05) is 30.5 Å². The van der Waals surface area contributed by atoms with Crippen molar-refractivity contribution in [3.05, 3.63) is 90.4 Å². The van der Waals surface area contributed by atoms with Crippen molar-refractivity contribution in [3.63, 3.8) is 0 Å². The molecular weight excluding hydrogens is 546 g/mol. The molecule has 1 amide bonds. The molecular formula is C31H30F2N4O5. The first-order chi connectivity index (χ1) is 20.4. The van der Waals surface area contributed by atoms with Crippen LogP contribution in [0.5, 0.6) is 11.5 Å². The largest absolute Gasteiger partial charge is 0.489 e. The number of amides is 1. The quantitative estimate of drug-likeness (QED) is 0.171. The Hall–Kier alpha value is -4.80. The van der Waals surface area contributed by atoms with E-state index < -0.39 is 18.5 Å². The number of ether oxygens (including phenoxy) is 3. The molecule has 1 fully saturated rings. The van der Waals surface area contributed by atoms with E-state index in [1.165, 1.54) is 6.07 Å². The first kappa shape index (κ1) is 28.7. The average Bonchev–Trinajstić information content (AvgIpc) is 3.69. The molecule has 1 aliphatic rings. The summed E-state index contributed by atoms with van der Waals surface area (Å²) in [5.74, 6) is -1.16. The van der Waals surface area contributed by atoms with Gasteiger partial charge in [0.2, 0.25) is 0 Å². The van der Waals surface area contributed by atoms with Crippen molar-refractivity contribution in [2.45, 2.75) is 38.8 Å². The fraction of sp³-hybridized carbons (Fsp3) is 0.290. The van der Waals surface area contributed by atoms with Crippen LogP contribution in [0.15, 0.2) is 79.3 Å². The van der Waals surface area contributed by atoms with Gasteiger partial charge >= 0.3 is 18.5 Å². The molecule has 42 heavy (non-hydrogen) atoms. The Bertz CT molecular complexity index is 1520. The lowest BCUT2D eigenvalue weighted by Crippen LogP contribution is -2.24. The number of rotatable bonds is 12. The third kappa shape index (κ3) is 7.48. The Kier molecular flexibility index (Phi) is 9.05. The predicted molar refractivity (Wildman–Crippen MR) is 150 cm³/mol. The highest BCUT2D eigenvalue weighted by Gasteiger charge is 2.25. The lowest BCUT2D eigenvalue weighted by atomic mass is 9.99. The van der Waals surface area contributed by atoms with Crippen LogP contribution in [0.2, 0.25) is 0 Å². The Balaban J connectivity index is 1.44. The predicted octanol–water partition coefficient (Wildman–Crippen LogP) is 5.67. The summed E-state index contributed by atoms with van der Waals surface area (Å²) in [7, 11) is 0. The van der Waals surface area contributed by atoms with Gasteiger partial charge in [-0.05, 0) is 85.7 Å². The molecule has 1 unspecified atom stereocenters. The molecule has 1 saturated carbocycles. The van der Waals surface area contributed by atoms with Crippen LogP contribution in [0.4, 0.5) is 14.5 Å². The summed E-state index contributed by atoms with van der Waals surface area (Å²) in [4.78, 5) is 27.9. The van der Waals surface area contributed by atoms with Gasteiger partial charge in [-0.1, -0.05) is 18.2 Å². The number of nitrogens with one attached hydrogen (secondary N) is 1. The van der Waals surface area contributed by atoms with Crippen LogP contribution in [0, 0.1) is 5.92 Å². The highest BCUT2D eigenvalue weighted by molar-refractivity contribution is 6.37. The Labute approximate surface area is 241 Å². The molecule has 5 rings (SSSR count). The number of benzene rings is 2. The molecule has 1 N–H and O–H groups in total. The Morgan fingerprint density at radius 1 is 1.05 bits per heavy atom. The minimum absolute atomic E-state index is 0.0140. The van der Waals surface area contributed by atoms with Crippen molar-refractivity contribution in [1.29, 1.82) is 0 Å². The first-order valence-electron chi connectivity index (χ1n) is 13.6. The molecule has 0 radical (unpaired) electrons. The second kappa shape index (κ2) is 13.2. The summed E-state index contributed by atoms with van der Waals surface area (Å²) in [6, 6.07) is 17.3. The second-order valence-electron chi connectivity index (χ2n) is 9.85. The van der Waals surface area contributed by atoms with E-state index in [-0.39, 0.29) is 24.1 Å². The molecule has 4 aromatic rings. The van der Waals surface area contributed by atoms with Crippen LogP contribution >= 0.6 is 0 Å². The number of pyridine rings is 1. The van der Waals surface area contributed by atoms with Crippen LogP contribution in [0.1, 0.15) is 36.9 Å². The molecule has 2 aromatic carbocycles. The third-order valence-corrected chi connectivity index (χ3v) is 6.72. The highest BCUT2D eigenvalue weighted by atomic mass is 19.3. The normalized spacial score (nSPS) is 13.4. The molecule has 0 bridgehead atoms. The summed E-state index contributed by atoms with van der Waals surface area (Å²) in [6.45, 7) is -0.816. The topological polar surface area (TPSA) is 105 Å². The minimum atomic E-state index is -2.97. The van der Waals surface area contributed by atoms with Crippen LogP contribution in [-0.2, 0) is 20.7 Å². The monoisotopic (exact) mass is 576 g/mol. The minimum Gasteiger partial charge on any atom is -0.489 e. The van der Waals surface area contributed by atoms with E-state index >= 15 is 0 Å². The number of alkyl halides is 2. The molecule has 11 heteroatoms. The Morgan fingerprint density at radius 2 is 1.86 bits per heavy atom. The average molecular weight is 577 g/mol. The van der Waals surface area contributed by atoms with E-state index in [0.717, 1.165) is 24.0 Å². The number of carbonyl (C=O) groups is 2. The number of esters is 1. The van der Waals surface area contributed by atoms with Crippen LogP contribution in [-0.4, -0.2) is 46.5 Å². The molecule has 218 valence electrons. The van der Waals surface area contributed by atoms with Gasteiger partial charge in [0.1, 0.15) is 0 Å². The van der Waals surface area contributed by atoms with Crippen molar-refractivity contribution < 1.29 is 32.6 Å². The van der Waals surface area contributed by atoms with Gasteiger partial charge in [0.05, 0.1) is 24.9 Å². The molecule has 1 atom stereocenters.